The highest BCUT2D eigenvalue weighted by Crippen LogP contribution is 2.13. The van der Waals surface area contributed by atoms with Crippen LogP contribution < -0.4 is 5.32 Å². The van der Waals surface area contributed by atoms with Gasteiger partial charge in [-0.05, 0) is 38.1 Å². The molecule has 0 unspecified atom stereocenters. The molecule has 0 spiro atoms. The quantitative estimate of drug-likeness (QED) is 0.795. The molecular weight excluding hydrogens is 270 g/mol. The van der Waals surface area contributed by atoms with Crippen molar-refractivity contribution in [2.24, 2.45) is 0 Å². The molecule has 3 aromatic rings. The number of anilines is 1. The third-order valence-corrected chi connectivity index (χ3v) is 2.96. The van der Waals surface area contributed by atoms with Crippen LogP contribution >= 0.6 is 0 Å². The first-order chi connectivity index (χ1) is 10.1. The van der Waals surface area contributed by atoms with Crippen molar-refractivity contribution in [3.05, 3.63) is 53.5 Å². The highest BCUT2D eigenvalue weighted by atomic mass is 16.5. The zero-order chi connectivity index (χ0) is 14.8. The third-order valence-electron chi connectivity index (χ3n) is 2.96. The monoisotopic (exact) mass is 283 g/mol. The van der Waals surface area contributed by atoms with Gasteiger partial charge in [-0.2, -0.15) is 0 Å². The van der Waals surface area contributed by atoms with E-state index in [-0.39, 0.29) is 5.91 Å². The first-order valence-corrected chi connectivity index (χ1v) is 6.36. The van der Waals surface area contributed by atoms with Crippen LogP contribution in [0.4, 0.5) is 5.82 Å². The summed E-state index contributed by atoms with van der Waals surface area (Å²) in [5.41, 5.74) is 2.29. The van der Waals surface area contributed by atoms with Crippen molar-refractivity contribution in [3.63, 3.8) is 0 Å². The Morgan fingerprint density at radius 3 is 2.57 bits per heavy atom. The average molecular weight is 283 g/mol. The fourth-order valence-corrected chi connectivity index (χ4v) is 1.91. The van der Waals surface area contributed by atoms with Gasteiger partial charge in [0.1, 0.15) is 5.76 Å². The van der Waals surface area contributed by atoms with Crippen LogP contribution in [0.25, 0.3) is 5.69 Å². The number of aryl methyl sites for hydroxylation is 2. The third kappa shape index (κ3) is 2.66. The second kappa shape index (κ2) is 5.20. The Labute approximate surface area is 120 Å². The van der Waals surface area contributed by atoms with Crippen LogP contribution in [-0.4, -0.2) is 26.1 Å². The van der Waals surface area contributed by atoms with Crippen LogP contribution in [0.2, 0.25) is 0 Å². The maximum Gasteiger partial charge on any atom is 0.256 e. The van der Waals surface area contributed by atoms with Gasteiger partial charge in [-0.15, -0.1) is 5.10 Å². The molecular formula is C14H13N5O2. The number of carbonyl (C=O) groups is 1. The molecule has 0 radical (unpaired) electrons. The second-order valence-corrected chi connectivity index (χ2v) is 4.61. The number of nitrogens with zero attached hydrogens (tertiary/aromatic N) is 4. The van der Waals surface area contributed by atoms with Crippen molar-refractivity contribution in [1.29, 1.82) is 0 Å². The minimum absolute atomic E-state index is 0.245. The lowest BCUT2D eigenvalue weighted by molar-refractivity contribution is 0.102. The zero-order valence-corrected chi connectivity index (χ0v) is 11.6. The predicted molar refractivity (Wildman–Crippen MR) is 75.3 cm³/mol. The topological polar surface area (TPSA) is 85.8 Å². The molecule has 106 valence electrons. The normalized spacial score (nSPS) is 10.6. The summed E-state index contributed by atoms with van der Waals surface area (Å²) in [5.74, 6) is 0.793. The molecule has 0 aliphatic rings. The van der Waals surface area contributed by atoms with Crippen molar-refractivity contribution >= 4 is 11.7 Å². The molecule has 2 heterocycles. The van der Waals surface area contributed by atoms with Crippen molar-refractivity contribution < 1.29 is 9.32 Å². The van der Waals surface area contributed by atoms with Gasteiger partial charge < -0.3 is 9.84 Å². The van der Waals surface area contributed by atoms with Crippen molar-refractivity contribution in [2.75, 3.05) is 5.32 Å². The Kier molecular flexibility index (Phi) is 3.23. The Morgan fingerprint density at radius 1 is 1.24 bits per heavy atom. The molecule has 0 saturated carbocycles. The van der Waals surface area contributed by atoms with Gasteiger partial charge in [0.05, 0.1) is 17.6 Å². The highest BCUT2D eigenvalue weighted by molar-refractivity contribution is 6.03. The largest absolute Gasteiger partial charge is 0.360 e. The van der Waals surface area contributed by atoms with Crippen molar-refractivity contribution in [3.8, 4) is 5.69 Å². The first-order valence-electron chi connectivity index (χ1n) is 6.36. The number of amides is 1. The summed E-state index contributed by atoms with van der Waals surface area (Å²) in [6, 6.07) is 8.72. The van der Waals surface area contributed by atoms with Crippen LogP contribution in [0, 0.1) is 13.8 Å². The van der Waals surface area contributed by atoms with Gasteiger partial charge >= 0.3 is 0 Å². The van der Waals surface area contributed by atoms with E-state index in [4.69, 9.17) is 4.52 Å². The summed E-state index contributed by atoms with van der Waals surface area (Å²) in [6.45, 7) is 3.67. The number of hydrogen-bond acceptors (Lipinski definition) is 5. The molecule has 1 aromatic carbocycles. The Balaban J connectivity index is 1.78. The SMILES string of the molecule is Cc1cc(NC(=O)c2ccc(-n3nncc3C)cc2)no1. The first kappa shape index (κ1) is 13.0. The zero-order valence-electron chi connectivity index (χ0n) is 11.6. The molecule has 0 aliphatic carbocycles. The molecule has 0 saturated heterocycles. The van der Waals surface area contributed by atoms with E-state index in [1.54, 1.807) is 36.0 Å². The maximum absolute atomic E-state index is 12.1. The van der Waals surface area contributed by atoms with Gasteiger partial charge in [-0.3, -0.25) is 4.79 Å². The summed E-state index contributed by atoms with van der Waals surface area (Å²) in [6.07, 6.45) is 1.67. The molecule has 0 fully saturated rings. The maximum atomic E-state index is 12.1. The Morgan fingerprint density at radius 2 is 2.00 bits per heavy atom. The molecule has 1 amide bonds. The number of carbonyl (C=O) groups excluding carboxylic acids is 1. The smallest absolute Gasteiger partial charge is 0.256 e. The summed E-state index contributed by atoms with van der Waals surface area (Å²) in [5, 5.41) is 14.2. The van der Waals surface area contributed by atoms with Crippen LogP contribution in [-0.2, 0) is 0 Å². The van der Waals surface area contributed by atoms with Crippen LogP contribution in [0.5, 0.6) is 0 Å². The van der Waals surface area contributed by atoms with Crippen LogP contribution in [0.3, 0.4) is 0 Å². The van der Waals surface area contributed by atoms with Gasteiger partial charge in [-0.25, -0.2) is 4.68 Å². The van der Waals surface area contributed by atoms with Gasteiger partial charge in [0.2, 0.25) is 0 Å². The van der Waals surface area contributed by atoms with E-state index in [1.165, 1.54) is 0 Å². The van der Waals surface area contributed by atoms with E-state index in [1.807, 2.05) is 19.1 Å². The molecule has 21 heavy (non-hydrogen) atoms. The molecule has 7 nitrogen and oxygen atoms in total. The molecule has 0 atom stereocenters. The fourth-order valence-electron chi connectivity index (χ4n) is 1.91. The molecule has 7 heteroatoms. The highest BCUT2D eigenvalue weighted by Gasteiger charge is 2.09. The van der Waals surface area contributed by atoms with Crippen molar-refractivity contribution in [2.45, 2.75) is 13.8 Å². The van der Waals surface area contributed by atoms with E-state index < -0.39 is 0 Å². The lowest BCUT2D eigenvalue weighted by Crippen LogP contribution is -2.12. The number of nitrogens with one attached hydrogen (secondary N) is 1. The van der Waals surface area contributed by atoms with E-state index in [9.17, 15) is 4.79 Å². The minimum atomic E-state index is -0.245. The minimum Gasteiger partial charge on any atom is -0.360 e. The van der Waals surface area contributed by atoms with E-state index in [0.29, 0.717) is 17.1 Å². The van der Waals surface area contributed by atoms with Gasteiger partial charge in [0.15, 0.2) is 5.82 Å². The molecule has 1 N–H and O–H groups in total. The summed E-state index contributed by atoms with van der Waals surface area (Å²) in [4.78, 5) is 12.1. The van der Waals surface area contributed by atoms with Gasteiger partial charge in [-0.1, -0.05) is 10.4 Å². The van der Waals surface area contributed by atoms with E-state index >= 15 is 0 Å². The number of benzene rings is 1. The Hall–Kier alpha value is -2.96. The number of rotatable bonds is 3. The van der Waals surface area contributed by atoms with E-state index in [0.717, 1.165) is 11.4 Å². The lowest BCUT2D eigenvalue weighted by atomic mass is 10.2. The van der Waals surface area contributed by atoms with E-state index in [2.05, 4.69) is 20.8 Å². The van der Waals surface area contributed by atoms with Crippen LogP contribution in [0.15, 0.2) is 41.1 Å². The summed E-state index contributed by atoms with van der Waals surface area (Å²) in [7, 11) is 0. The number of aromatic nitrogens is 4. The summed E-state index contributed by atoms with van der Waals surface area (Å²) < 4.78 is 6.60. The lowest BCUT2D eigenvalue weighted by Gasteiger charge is -2.05. The molecule has 0 bridgehead atoms. The molecule has 3 rings (SSSR count). The number of hydrogen-bond donors (Lipinski definition) is 1. The van der Waals surface area contributed by atoms with Crippen molar-refractivity contribution in [1.82, 2.24) is 20.2 Å². The van der Waals surface area contributed by atoms with Crippen LogP contribution in [0.1, 0.15) is 21.8 Å². The fraction of sp³-hybridized carbons (Fsp3) is 0.143. The van der Waals surface area contributed by atoms with Gasteiger partial charge in [0.25, 0.3) is 5.91 Å². The standard InChI is InChI=1S/C14H13N5O2/c1-9-8-15-18-19(9)12-5-3-11(4-6-12)14(20)16-13-7-10(2)21-17-13/h3-8H,1-2H3,(H,16,17,20). The molecule has 0 aliphatic heterocycles. The van der Waals surface area contributed by atoms with Gasteiger partial charge in [0, 0.05) is 11.6 Å². The molecule has 2 aromatic heterocycles. The second-order valence-electron chi connectivity index (χ2n) is 4.61. The summed E-state index contributed by atoms with van der Waals surface area (Å²) >= 11 is 0. The Bertz CT molecular complexity index is 773. The average Bonchev–Trinajstić information content (AvgIpc) is 3.08. The predicted octanol–water partition coefficient (Wildman–Crippen LogP) is 2.12.